The Morgan fingerprint density at radius 1 is 0.929 bits per heavy atom. The molecular weight excluding hydrogens is 358 g/mol. The van der Waals surface area contributed by atoms with Crippen molar-refractivity contribution in [1.29, 1.82) is 0 Å². The minimum atomic E-state index is -0.397. The summed E-state index contributed by atoms with van der Waals surface area (Å²) >= 11 is 0. The first-order chi connectivity index (χ1) is 13.7. The first kappa shape index (κ1) is 19.0. The average Bonchev–Trinajstić information content (AvgIpc) is 2.76. The molecule has 2 heterocycles. The smallest absolute Gasteiger partial charge is 0.270 e. The van der Waals surface area contributed by atoms with Gasteiger partial charge in [0.15, 0.2) is 0 Å². The fraction of sp³-hybridized carbons (Fsp3) is 0.150. The van der Waals surface area contributed by atoms with Gasteiger partial charge in [-0.1, -0.05) is 18.2 Å². The summed E-state index contributed by atoms with van der Waals surface area (Å²) in [6.45, 7) is 0.622. The van der Waals surface area contributed by atoms with Crippen LogP contribution in [-0.4, -0.2) is 33.9 Å². The predicted molar refractivity (Wildman–Crippen MR) is 102 cm³/mol. The highest BCUT2D eigenvalue weighted by Crippen LogP contribution is 2.12. The number of aromatic nitrogens is 3. The van der Waals surface area contributed by atoms with Crippen LogP contribution in [0.4, 0.5) is 0 Å². The van der Waals surface area contributed by atoms with E-state index in [4.69, 9.17) is 4.74 Å². The zero-order chi connectivity index (χ0) is 19.8. The number of pyridine rings is 1. The molecule has 2 aromatic heterocycles. The van der Waals surface area contributed by atoms with E-state index in [-0.39, 0.29) is 11.4 Å². The van der Waals surface area contributed by atoms with Crippen molar-refractivity contribution < 1.29 is 14.3 Å². The number of rotatable bonds is 7. The summed E-state index contributed by atoms with van der Waals surface area (Å²) in [6.07, 6.45) is 4.52. The molecule has 1 aromatic carbocycles. The molecule has 0 aliphatic heterocycles. The first-order valence-electron chi connectivity index (χ1n) is 8.56. The maximum absolute atomic E-state index is 12.4. The molecule has 0 unspecified atom stereocenters. The van der Waals surface area contributed by atoms with Crippen LogP contribution >= 0.6 is 0 Å². The third-order valence-electron chi connectivity index (χ3n) is 3.90. The number of methoxy groups -OCH3 is 1. The number of ether oxygens (including phenoxy) is 1. The van der Waals surface area contributed by atoms with Gasteiger partial charge in [0.25, 0.3) is 11.8 Å². The van der Waals surface area contributed by atoms with E-state index in [0.29, 0.717) is 18.8 Å². The molecule has 0 aliphatic carbocycles. The van der Waals surface area contributed by atoms with Gasteiger partial charge in [-0.25, -0.2) is 9.97 Å². The molecule has 3 aromatic rings. The van der Waals surface area contributed by atoms with Crippen molar-refractivity contribution in [2.75, 3.05) is 7.11 Å². The zero-order valence-electron chi connectivity index (χ0n) is 15.3. The SMILES string of the molecule is COc1cccc(CNC(=O)c2cc(C(=O)NCc3cccnc3)ncn2)c1. The lowest BCUT2D eigenvalue weighted by Crippen LogP contribution is -2.27. The van der Waals surface area contributed by atoms with Gasteiger partial charge in [-0.3, -0.25) is 14.6 Å². The van der Waals surface area contributed by atoms with Gasteiger partial charge in [0.1, 0.15) is 23.5 Å². The molecule has 142 valence electrons. The van der Waals surface area contributed by atoms with Gasteiger partial charge in [0.2, 0.25) is 0 Å². The van der Waals surface area contributed by atoms with E-state index in [1.807, 2.05) is 30.3 Å². The Morgan fingerprint density at radius 3 is 2.25 bits per heavy atom. The Morgan fingerprint density at radius 2 is 1.61 bits per heavy atom. The highest BCUT2D eigenvalue weighted by Gasteiger charge is 2.13. The lowest BCUT2D eigenvalue weighted by atomic mass is 10.2. The van der Waals surface area contributed by atoms with Crippen LogP contribution in [0.5, 0.6) is 5.75 Å². The Kier molecular flexibility index (Phi) is 6.25. The van der Waals surface area contributed by atoms with Crippen LogP contribution in [0.25, 0.3) is 0 Å². The van der Waals surface area contributed by atoms with E-state index in [0.717, 1.165) is 11.1 Å². The van der Waals surface area contributed by atoms with Gasteiger partial charge in [0.05, 0.1) is 7.11 Å². The van der Waals surface area contributed by atoms with E-state index in [9.17, 15) is 9.59 Å². The van der Waals surface area contributed by atoms with Gasteiger partial charge >= 0.3 is 0 Å². The lowest BCUT2D eigenvalue weighted by molar-refractivity contribution is 0.0944. The molecule has 8 heteroatoms. The van der Waals surface area contributed by atoms with Crippen molar-refractivity contribution in [3.8, 4) is 5.75 Å². The standard InChI is InChI=1S/C20H19N5O3/c1-28-16-6-2-4-14(8-16)11-22-19(26)17-9-18(25-13-24-17)20(27)23-12-15-5-3-7-21-10-15/h2-10,13H,11-12H2,1H3,(H,22,26)(H,23,27). The Balaban J connectivity index is 1.60. The number of hydrogen-bond acceptors (Lipinski definition) is 6. The molecule has 2 amide bonds. The third-order valence-corrected chi connectivity index (χ3v) is 3.90. The maximum atomic E-state index is 12.4. The Bertz CT molecular complexity index is 963. The van der Waals surface area contributed by atoms with E-state index in [1.54, 1.807) is 25.6 Å². The lowest BCUT2D eigenvalue weighted by Gasteiger charge is -2.08. The summed E-state index contributed by atoms with van der Waals surface area (Å²) < 4.78 is 5.16. The van der Waals surface area contributed by atoms with Crippen molar-refractivity contribution in [2.24, 2.45) is 0 Å². The van der Waals surface area contributed by atoms with E-state index >= 15 is 0 Å². The fourth-order valence-corrected chi connectivity index (χ4v) is 2.44. The van der Waals surface area contributed by atoms with Crippen LogP contribution in [0.2, 0.25) is 0 Å². The summed E-state index contributed by atoms with van der Waals surface area (Å²) in [5, 5.41) is 5.50. The molecule has 0 bridgehead atoms. The Hall–Kier alpha value is -3.81. The molecule has 3 rings (SSSR count). The number of nitrogens with one attached hydrogen (secondary N) is 2. The van der Waals surface area contributed by atoms with Crippen molar-refractivity contribution in [1.82, 2.24) is 25.6 Å². The summed E-state index contributed by atoms with van der Waals surface area (Å²) in [4.78, 5) is 36.5. The van der Waals surface area contributed by atoms with Crippen molar-refractivity contribution >= 4 is 11.8 Å². The van der Waals surface area contributed by atoms with Crippen LogP contribution in [0, 0.1) is 0 Å². The van der Waals surface area contributed by atoms with Crippen LogP contribution in [0.15, 0.2) is 61.2 Å². The maximum Gasteiger partial charge on any atom is 0.270 e. The fourth-order valence-electron chi connectivity index (χ4n) is 2.44. The van der Waals surface area contributed by atoms with Gasteiger partial charge < -0.3 is 15.4 Å². The summed E-state index contributed by atoms with van der Waals surface area (Å²) in [7, 11) is 1.58. The molecule has 0 aliphatic rings. The number of benzene rings is 1. The van der Waals surface area contributed by atoms with Crippen LogP contribution < -0.4 is 15.4 Å². The minimum Gasteiger partial charge on any atom is -0.497 e. The molecule has 0 spiro atoms. The number of carbonyl (C=O) groups is 2. The molecule has 0 saturated carbocycles. The van der Waals surface area contributed by atoms with E-state index in [1.165, 1.54) is 12.4 Å². The van der Waals surface area contributed by atoms with Crippen molar-refractivity contribution in [3.05, 3.63) is 83.7 Å². The quantitative estimate of drug-likeness (QED) is 0.650. The molecule has 2 N–H and O–H groups in total. The van der Waals surface area contributed by atoms with Gasteiger partial charge in [-0.15, -0.1) is 0 Å². The molecular formula is C20H19N5O3. The number of amides is 2. The molecule has 0 radical (unpaired) electrons. The Labute approximate surface area is 162 Å². The van der Waals surface area contributed by atoms with Crippen LogP contribution in [-0.2, 0) is 13.1 Å². The molecule has 0 fully saturated rings. The first-order valence-corrected chi connectivity index (χ1v) is 8.56. The van der Waals surface area contributed by atoms with Crippen LogP contribution in [0.3, 0.4) is 0 Å². The summed E-state index contributed by atoms with van der Waals surface area (Å²) in [6, 6.07) is 12.4. The second kappa shape index (κ2) is 9.22. The molecule has 28 heavy (non-hydrogen) atoms. The monoisotopic (exact) mass is 377 g/mol. The van der Waals surface area contributed by atoms with Gasteiger partial charge in [-0.05, 0) is 29.3 Å². The third kappa shape index (κ3) is 5.10. The van der Waals surface area contributed by atoms with Crippen molar-refractivity contribution in [3.63, 3.8) is 0 Å². The second-order valence-electron chi connectivity index (χ2n) is 5.87. The largest absolute Gasteiger partial charge is 0.497 e. The predicted octanol–water partition coefficient (Wildman–Crippen LogP) is 1.74. The van der Waals surface area contributed by atoms with Crippen molar-refractivity contribution in [2.45, 2.75) is 13.1 Å². The van der Waals surface area contributed by atoms with Gasteiger partial charge in [-0.2, -0.15) is 0 Å². The summed E-state index contributed by atoms with van der Waals surface area (Å²) in [5.74, 6) is -0.0824. The van der Waals surface area contributed by atoms with Gasteiger partial charge in [0, 0.05) is 31.5 Å². The highest BCUT2D eigenvalue weighted by atomic mass is 16.5. The van der Waals surface area contributed by atoms with E-state index < -0.39 is 11.8 Å². The normalized spacial score (nSPS) is 10.2. The zero-order valence-corrected chi connectivity index (χ0v) is 15.3. The number of hydrogen-bond donors (Lipinski definition) is 2. The average molecular weight is 377 g/mol. The number of nitrogens with zero attached hydrogens (tertiary/aromatic N) is 3. The van der Waals surface area contributed by atoms with E-state index in [2.05, 4.69) is 25.6 Å². The minimum absolute atomic E-state index is 0.115. The highest BCUT2D eigenvalue weighted by molar-refractivity contribution is 5.97. The molecule has 0 atom stereocenters. The van der Waals surface area contributed by atoms with Crippen LogP contribution in [0.1, 0.15) is 32.1 Å². The molecule has 8 nitrogen and oxygen atoms in total. The number of carbonyl (C=O) groups excluding carboxylic acids is 2. The summed E-state index contributed by atoms with van der Waals surface area (Å²) in [5.41, 5.74) is 1.98. The second-order valence-corrected chi connectivity index (χ2v) is 5.87. The topological polar surface area (TPSA) is 106 Å². The molecule has 0 saturated heterocycles.